The van der Waals surface area contributed by atoms with Crippen molar-refractivity contribution in [2.75, 3.05) is 56.7 Å². The van der Waals surface area contributed by atoms with Gasteiger partial charge in [-0.25, -0.2) is 18.1 Å². The maximum atomic E-state index is 14.1. The van der Waals surface area contributed by atoms with Crippen LogP contribution in [0.3, 0.4) is 0 Å². The number of hydrogen-bond acceptors (Lipinski definition) is 12. The Morgan fingerprint density at radius 2 is 1.77 bits per heavy atom. The number of piperazine rings is 1. The van der Waals surface area contributed by atoms with E-state index in [1.165, 1.54) is 29.0 Å². The molecule has 1 fully saturated rings. The van der Waals surface area contributed by atoms with Crippen molar-refractivity contribution in [1.29, 1.82) is 0 Å². The Kier molecular flexibility index (Phi) is 11.9. The summed E-state index contributed by atoms with van der Waals surface area (Å²) in [6, 6.07) is 25.5. The fourth-order valence-corrected chi connectivity index (χ4v) is 9.88. The zero-order valence-electron chi connectivity index (χ0n) is 36.1. The summed E-state index contributed by atoms with van der Waals surface area (Å²) in [5.41, 5.74) is 5.94. The number of rotatable bonds is 12. The Hall–Kier alpha value is -6.62. The molecule has 2 aliphatic heterocycles. The number of benzene rings is 4. The molecule has 65 heavy (non-hydrogen) atoms. The highest BCUT2D eigenvalue weighted by molar-refractivity contribution is 7.90. The average Bonchev–Trinajstić information content (AvgIpc) is 3.77. The highest BCUT2D eigenvalue weighted by atomic mass is 35.5. The summed E-state index contributed by atoms with van der Waals surface area (Å²) in [6.45, 7) is 8.61. The molecule has 1 atom stereocenters. The van der Waals surface area contributed by atoms with Crippen molar-refractivity contribution >= 4 is 61.2 Å². The predicted molar refractivity (Wildman–Crippen MR) is 250 cm³/mol. The molecule has 2 aromatic heterocycles. The molecule has 9 rings (SSSR count). The van der Waals surface area contributed by atoms with Crippen molar-refractivity contribution in [3.63, 3.8) is 0 Å². The number of fused-ring (bicyclic) bond motifs is 2. The number of amides is 1. The van der Waals surface area contributed by atoms with Crippen LogP contribution in [0.5, 0.6) is 23.0 Å². The van der Waals surface area contributed by atoms with E-state index in [4.69, 9.17) is 25.8 Å². The first-order chi connectivity index (χ1) is 31.2. The number of methoxy groups -OCH3 is 1. The molecular formula is C48H48ClN7O8S. The van der Waals surface area contributed by atoms with Gasteiger partial charge in [0.15, 0.2) is 11.4 Å². The fraction of sp³-hybridized carbons (Fsp3) is 0.292. The number of carbonyl (C=O) groups excluding carboxylic acids is 1. The topological polar surface area (TPSA) is 181 Å². The molecule has 0 spiro atoms. The first-order valence-corrected chi connectivity index (χ1v) is 23.2. The lowest BCUT2D eigenvalue weighted by atomic mass is 9.72. The van der Waals surface area contributed by atoms with E-state index in [1.54, 1.807) is 55.8 Å². The van der Waals surface area contributed by atoms with Crippen LogP contribution < -0.4 is 29.1 Å². The van der Waals surface area contributed by atoms with Crippen molar-refractivity contribution < 1.29 is 32.3 Å². The number of sulfonamides is 1. The summed E-state index contributed by atoms with van der Waals surface area (Å²) in [4.78, 5) is 37.4. The van der Waals surface area contributed by atoms with Crippen LogP contribution in [-0.2, 0) is 10.0 Å². The Bertz CT molecular complexity index is 2930. The van der Waals surface area contributed by atoms with Gasteiger partial charge in [0, 0.05) is 73.2 Å². The van der Waals surface area contributed by atoms with Gasteiger partial charge in [0.1, 0.15) is 29.5 Å². The van der Waals surface area contributed by atoms with E-state index in [0.717, 1.165) is 72.7 Å². The van der Waals surface area contributed by atoms with Gasteiger partial charge in [0.05, 0.1) is 34.7 Å². The van der Waals surface area contributed by atoms with Crippen LogP contribution >= 0.6 is 11.6 Å². The maximum Gasteiger partial charge on any atom is 0.297 e. The molecule has 1 amide bonds. The molecule has 3 aliphatic rings. The number of hydrogen-bond donors (Lipinski definition) is 3. The highest BCUT2D eigenvalue weighted by Crippen LogP contribution is 2.45. The lowest BCUT2D eigenvalue weighted by Gasteiger charge is -2.39. The molecule has 4 aromatic carbocycles. The second-order valence-electron chi connectivity index (χ2n) is 17.4. The number of aromatic nitrogens is 2. The Morgan fingerprint density at radius 1 is 1.00 bits per heavy atom. The van der Waals surface area contributed by atoms with Gasteiger partial charge in [-0.1, -0.05) is 55.3 Å². The van der Waals surface area contributed by atoms with Crippen LogP contribution in [-0.4, -0.2) is 80.6 Å². The quantitative estimate of drug-likeness (QED) is 0.0783. The number of pyridine rings is 1. The third kappa shape index (κ3) is 9.46. The van der Waals surface area contributed by atoms with E-state index in [-0.39, 0.29) is 34.8 Å². The SMILES string of the molecule is COc1ccc([C@H]2COc3cc(S(=O)(=O)NC(=O)c4ccc(N5CCN(CC6=C(c7ccc(Cl)cc7)CC(C)(C)CC6)CC5)cc4Oc4cnc5[nH]ccc5c4)cc([N+](=O)[O-])c3N2)cc1. The second-order valence-corrected chi connectivity index (χ2v) is 19.5. The van der Waals surface area contributed by atoms with Gasteiger partial charge in [-0.15, -0.1) is 0 Å². The summed E-state index contributed by atoms with van der Waals surface area (Å²) in [5.74, 6) is 0.0423. The van der Waals surface area contributed by atoms with E-state index in [0.29, 0.717) is 30.2 Å². The summed E-state index contributed by atoms with van der Waals surface area (Å²) < 4.78 is 47.4. The summed E-state index contributed by atoms with van der Waals surface area (Å²) in [5, 5.41) is 17.0. The smallest absolute Gasteiger partial charge is 0.297 e. The van der Waals surface area contributed by atoms with E-state index in [2.05, 4.69) is 55.8 Å². The van der Waals surface area contributed by atoms with Crippen LogP contribution in [0.4, 0.5) is 17.1 Å². The summed E-state index contributed by atoms with van der Waals surface area (Å²) in [7, 11) is -3.13. The molecule has 336 valence electrons. The van der Waals surface area contributed by atoms with Crippen LogP contribution in [0.15, 0.2) is 114 Å². The number of carbonyl (C=O) groups is 1. The number of nitro groups is 1. The number of allylic oxidation sites excluding steroid dienone is 1. The van der Waals surface area contributed by atoms with Gasteiger partial charge in [-0.05, 0) is 89.9 Å². The molecule has 0 bridgehead atoms. The average molecular weight is 918 g/mol. The molecule has 4 heterocycles. The number of aromatic amines is 1. The number of H-pyrrole nitrogens is 1. The summed E-state index contributed by atoms with van der Waals surface area (Å²) >= 11 is 6.25. The number of nitro benzene ring substituents is 1. The van der Waals surface area contributed by atoms with E-state index in [1.807, 2.05) is 18.2 Å². The van der Waals surface area contributed by atoms with Crippen molar-refractivity contribution in [1.82, 2.24) is 19.6 Å². The normalized spacial score (nSPS) is 17.5. The highest BCUT2D eigenvalue weighted by Gasteiger charge is 2.33. The van der Waals surface area contributed by atoms with Crippen molar-refractivity contribution in [2.24, 2.45) is 5.41 Å². The lowest BCUT2D eigenvalue weighted by molar-refractivity contribution is -0.384. The van der Waals surface area contributed by atoms with Gasteiger partial charge < -0.3 is 29.4 Å². The molecule has 0 unspecified atom stereocenters. The molecule has 17 heteroatoms. The molecular weight excluding hydrogens is 870 g/mol. The zero-order chi connectivity index (χ0) is 45.5. The van der Waals surface area contributed by atoms with Crippen molar-refractivity contribution in [3.05, 3.63) is 141 Å². The number of nitrogens with zero attached hydrogens (tertiary/aromatic N) is 4. The minimum Gasteiger partial charge on any atom is -0.497 e. The predicted octanol–water partition coefficient (Wildman–Crippen LogP) is 9.38. The van der Waals surface area contributed by atoms with E-state index >= 15 is 0 Å². The largest absolute Gasteiger partial charge is 0.497 e. The molecule has 0 saturated carbocycles. The molecule has 6 aromatic rings. The van der Waals surface area contributed by atoms with E-state index < -0.39 is 37.5 Å². The number of anilines is 2. The number of halogens is 1. The van der Waals surface area contributed by atoms with Gasteiger partial charge in [-0.2, -0.15) is 0 Å². The number of nitrogens with one attached hydrogen (secondary N) is 3. The van der Waals surface area contributed by atoms with Crippen LogP contribution in [0, 0.1) is 15.5 Å². The minimum atomic E-state index is -4.68. The first-order valence-electron chi connectivity index (χ1n) is 21.3. The molecule has 3 N–H and O–H groups in total. The fourth-order valence-electron chi connectivity index (χ4n) is 8.76. The minimum absolute atomic E-state index is 0.0188. The van der Waals surface area contributed by atoms with Crippen LogP contribution in [0.1, 0.15) is 60.6 Å². The monoisotopic (exact) mass is 917 g/mol. The standard InChI is InChI=1S/C48H48ClN7O8S/c1-48(2)16-14-33(40(26-48)30-4-8-34(49)9-5-30)28-54-18-20-55(21-19-54)35-10-13-39(43(23-35)64-37-22-32-15-17-50-46(32)51-27-37)47(57)53-65(60,61)38-24-42(56(58)59)45-44(25-38)63-29-41(52-45)31-6-11-36(62-3)12-7-31/h4-13,15,17,22-25,27,41,52H,14,16,18-21,26,28-29H2,1-3H3,(H,50,51)(H,53,57)/t41-/m1/s1. The van der Waals surface area contributed by atoms with Crippen molar-refractivity contribution in [2.45, 2.75) is 44.0 Å². The lowest BCUT2D eigenvalue weighted by Crippen LogP contribution is -2.47. The summed E-state index contributed by atoms with van der Waals surface area (Å²) in [6.07, 6.45) is 6.44. The number of ether oxygens (including phenoxy) is 3. The Morgan fingerprint density at radius 3 is 2.51 bits per heavy atom. The third-order valence-electron chi connectivity index (χ3n) is 12.4. The van der Waals surface area contributed by atoms with Gasteiger partial charge in [0.25, 0.3) is 21.6 Å². The second kappa shape index (κ2) is 17.7. The van der Waals surface area contributed by atoms with Gasteiger partial charge in [-0.3, -0.25) is 19.8 Å². The molecule has 15 nitrogen and oxygen atoms in total. The Labute approximate surface area is 381 Å². The molecule has 1 saturated heterocycles. The van der Waals surface area contributed by atoms with Gasteiger partial charge in [0.2, 0.25) is 0 Å². The Balaban J connectivity index is 0.950. The van der Waals surface area contributed by atoms with Crippen molar-refractivity contribution in [3.8, 4) is 23.0 Å². The molecule has 1 aliphatic carbocycles. The van der Waals surface area contributed by atoms with Crippen LogP contribution in [0.25, 0.3) is 16.6 Å². The maximum absolute atomic E-state index is 14.1. The first kappa shape index (κ1) is 43.6. The zero-order valence-corrected chi connectivity index (χ0v) is 37.7. The molecule has 0 radical (unpaired) electrons. The third-order valence-corrected chi connectivity index (χ3v) is 13.9. The van der Waals surface area contributed by atoms with Crippen LogP contribution in [0.2, 0.25) is 5.02 Å². The van der Waals surface area contributed by atoms with Gasteiger partial charge >= 0.3 is 0 Å². The van der Waals surface area contributed by atoms with E-state index in [9.17, 15) is 23.3 Å².